The minimum absolute atomic E-state index is 0.00650. The molecule has 0 radical (unpaired) electrons. The Morgan fingerprint density at radius 1 is 1.07 bits per heavy atom. The highest BCUT2D eigenvalue weighted by Gasteiger charge is 2.39. The third-order valence-electron chi connectivity index (χ3n) is 5.61. The van der Waals surface area contributed by atoms with Gasteiger partial charge in [-0.25, -0.2) is 0 Å². The molecule has 1 aromatic rings. The van der Waals surface area contributed by atoms with Gasteiger partial charge in [0.2, 0.25) is 5.91 Å². The van der Waals surface area contributed by atoms with Gasteiger partial charge in [0.05, 0.1) is 19.8 Å². The second kappa shape index (κ2) is 9.19. The van der Waals surface area contributed by atoms with Gasteiger partial charge in [-0.1, -0.05) is 0 Å². The number of amides is 1. The van der Waals surface area contributed by atoms with Gasteiger partial charge in [0, 0.05) is 18.0 Å². The van der Waals surface area contributed by atoms with Gasteiger partial charge in [0.1, 0.15) is 12.3 Å². The Bertz CT molecular complexity index is 710. The number of piperidine rings is 1. The largest absolute Gasteiger partial charge is 0.497 e. The molecule has 0 aromatic heterocycles. The van der Waals surface area contributed by atoms with Crippen molar-refractivity contribution in [1.29, 1.82) is 0 Å². The predicted molar refractivity (Wildman–Crippen MR) is 103 cm³/mol. The lowest BCUT2D eigenvalue weighted by Gasteiger charge is -2.34. The van der Waals surface area contributed by atoms with Crippen molar-refractivity contribution in [3.05, 3.63) is 29.8 Å². The molecule has 1 unspecified atom stereocenters. The number of hydrogen-bond donors (Lipinski definition) is 0. The highest BCUT2D eigenvalue weighted by Crippen LogP contribution is 2.27. The van der Waals surface area contributed by atoms with Crippen LogP contribution in [0.25, 0.3) is 0 Å². The van der Waals surface area contributed by atoms with Crippen molar-refractivity contribution in [2.24, 2.45) is 5.92 Å². The van der Waals surface area contributed by atoms with E-state index >= 15 is 0 Å². The number of likely N-dealkylation sites (tertiary alicyclic amines) is 2. The number of esters is 1. The van der Waals surface area contributed by atoms with Gasteiger partial charge < -0.3 is 14.4 Å². The minimum atomic E-state index is -0.361. The Balaban J connectivity index is 1.51. The zero-order valence-corrected chi connectivity index (χ0v) is 16.6. The normalized spacial score (nSPS) is 21.0. The fraction of sp³-hybridized carbons (Fsp3) is 0.571. The topological polar surface area (TPSA) is 76.2 Å². The zero-order chi connectivity index (χ0) is 20.1. The van der Waals surface area contributed by atoms with Crippen LogP contribution >= 0.6 is 0 Å². The van der Waals surface area contributed by atoms with E-state index in [0.717, 1.165) is 38.1 Å². The van der Waals surface area contributed by atoms with E-state index in [1.54, 1.807) is 43.2 Å². The van der Waals surface area contributed by atoms with Gasteiger partial charge in [-0.05, 0) is 63.5 Å². The number of ether oxygens (including phenoxy) is 2. The molecule has 3 rings (SSSR count). The van der Waals surface area contributed by atoms with Gasteiger partial charge >= 0.3 is 5.97 Å². The van der Waals surface area contributed by atoms with Gasteiger partial charge in [0.25, 0.3) is 0 Å². The molecular weight excluding hydrogens is 360 g/mol. The molecule has 0 saturated carbocycles. The number of methoxy groups -OCH3 is 1. The molecule has 28 heavy (non-hydrogen) atoms. The molecule has 152 valence electrons. The van der Waals surface area contributed by atoms with E-state index in [2.05, 4.69) is 4.90 Å². The van der Waals surface area contributed by atoms with E-state index in [-0.39, 0.29) is 36.2 Å². The molecule has 1 atom stereocenters. The molecule has 2 saturated heterocycles. The molecule has 2 heterocycles. The highest BCUT2D eigenvalue weighted by molar-refractivity contribution is 5.98. The standard InChI is InChI=1S/C21H28N2O5/c1-3-28-19(24)14-23-13-10-18(21(23)26)22-11-8-16(9-12-22)20(25)15-4-6-17(27-2)7-5-15/h4-7,16,18H,3,8-14H2,1-2H3. The Morgan fingerprint density at radius 2 is 1.75 bits per heavy atom. The van der Waals surface area contributed by atoms with Crippen LogP contribution in [0, 0.1) is 5.92 Å². The van der Waals surface area contributed by atoms with Gasteiger partial charge in [-0.3, -0.25) is 19.3 Å². The second-order valence-corrected chi connectivity index (χ2v) is 7.27. The Hall–Kier alpha value is -2.41. The number of Topliss-reactive ketones (excluding diaryl/α,β-unsaturated/α-hetero) is 1. The molecule has 1 aromatic carbocycles. The van der Waals surface area contributed by atoms with Crippen molar-refractivity contribution in [2.45, 2.75) is 32.2 Å². The fourth-order valence-corrected chi connectivity index (χ4v) is 4.05. The van der Waals surface area contributed by atoms with Crippen LogP contribution in [0.4, 0.5) is 0 Å². The maximum atomic E-state index is 12.7. The number of benzene rings is 1. The third kappa shape index (κ3) is 4.52. The minimum Gasteiger partial charge on any atom is -0.497 e. The highest BCUT2D eigenvalue weighted by atomic mass is 16.5. The number of hydrogen-bond acceptors (Lipinski definition) is 6. The quantitative estimate of drug-likeness (QED) is 0.523. The summed E-state index contributed by atoms with van der Waals surface area (Å²) in [6.07, 6.45) is 2.20. The molecule has 0 N–H and O–H groups in total. The lowest BCUT2D eigenvalue weighted by Crippen LogP contribution is -2.47. The fourth-order valence-electron chi connectivity index (χ4n) is 4.05. The first kappa shape index (κ1) is 20.3. The third-order valence-corrected chi connectivity index (χ3v) is 5.61. The average molecular weight is 388 g/mol. The van der Waals surface area contributed by atoms with Crippen molar-refractivity contribution >= 4 is 17.7 Å². The van der Waals surface area contributed by atoms with Crippen molar-refractivity contribution in [3.63, 3.8) is 0 Å². The Labute approximate surface area is 165 Å². The van der Waals surface area contributed by atoms with Gasteiger partial charge in [-0.15, -0.1) is 0 Å². The number of carbonyl (C=O) groups excluding carboxylic acids is 3. The van der Waals surface area contributed by atoms with Gasteiger partial charge in [0.15, 0.2) is 5.78 Å². The molecule has 0 spiro atoms. The number of rotatable bonds is 7. The summed E-state index contributed by atoms with van der Waals surface area (Å²) in [6, 6.07) is 7.03. The first-order valence-corrected chi connectivity index (χ1v) is 9.90. The van der Waals surface area contributed by atoms with Crippen LogP contribution in [-0.2, 0) is 14.3 Å². The molecule has 0 bridgehead atoms. The molecule has 0 aliphatic carbocycles. The first-order chi connectivity index (χ1) is 13.5. The number of nitrogens with zero attached hydrogens (tertiary/aromatic N) is 2. The maximum Gasteiger partial charge on any atom is 0.325 e. The van der Waals surface area contributed by atoms with Crippen molar-refractivity contribution < 1.29 is 23.9 Å². The summed E-state index contributed by atoms with van der Waals surface area (Å²) in [7, 11) is 1.60. The van der Waals surface area contributed by atoms with E-state index in [1.807, 2.05) is 0 Å². The van der Waals surface area contributed by atoms with Gasteiger partial charge in [-0.2, -0.15) is 0 Å². The predicted octanol–water partition coefficient (Wildman–Crippen LogP) is 1.75. The Morgan fingerprint density at radius 3 is 2.36 bits per heavy atom. The smallest absolute Gasteiger partial charge is 0.325 e. The van der Waals surface area contributed by atoms with Crippen molar-refractivity contribution in [2.75, 3.05) is 39.9 Å². The van der Waals surface area contributed by atoms with Crippen LogP contribution in [0.3, 0.4) is 0 Å². The molecule has 2 aliphatic rings. The first-order valence-electron chi connectivity index (χ1n) is 9.90. The molecule has 7 nitrogen and oxygen atoms in total. The van der Waals surface area contributed by atoms with Crippen molar-refractivity contribution in [3.8, 4) is 5.75 Å². The summed E-state index contributed by atoms with van der Waals surface area (Å²) in [6.45, 7) is 4.11. The summed E-state index contributed by atoms with van der Waals surface area (Å²) in [5, 5.41) is 0. The van der Waals surface area contributed by atoms with Crippen LogP contribution in [0.5, 0.6) is 5.75 Å². The van der Waals surface area contributed by atoms with Crippen LogP contribution in [0.15, 0.2) is 24.3 Å². The lowest BCUT2D eigenvalue weighted by molar-refractivity contribution is -0.148. The SMILES string of the molecule is CCOC(=O)CN1CCC(N2CCC(C(=O)c3ccc(OC)cc3)CC2)C1=O. The molecule has 2 aliphatic heterocycles. The monoisotopic (exact) mass is 388 g/mol. The molecule has 7 heteroatoms. The Kier molecular flexibility index (Phi) is 6.67. The van der Waals surface area contributed by atoms with E-state index < -0.39 is 0 Å². The summed E-state index contributed by atoms with van der Waals surface area (Å²) >= 11 is 0. The van der Waals surface area contributed by atoms with Crippen molar-refractivity contribution in [1.82, 2.24) is 9.80 Å². The van der Waals surface area contributed by atoms with Crippen LogP contribution < -0.4 is 4.74 Å². The van der Waals surface area contributed by atoms with E-state index in [1.165, 1.54) is 0 Å². The summed E-state index contributed by atoms with van der Waals surface area (Å²) < 4.78 is 10.1. The number of carbonyl (C=O) groups is 3. The zero-order valence-electron chi connectivity index (χ0n) is 16.6. The molecular formula is C21H28N2O5. The summed E-state index contributed by atoms with van der Waals surface area (Å²) in [4.78, 5) is 40.8. The van der Waals surface area contributed by atoms with Crippen LogP contribution in [0.2, 0.25) is 0 Å². The van der Waals surface area contributed by atoms with Crippen LogP contribution in [0.1, 0.15) is 36.5 Å². The molecule has 2 fully saturated rings. The summed E-state index contributed by atoms with van der Waals surface area (Å²) in [5.41, 5.74) is 0.705. The van der Waals surface area contributed by atoms with E-state index in [0.29, 0.717) is 18.7 Å². The second-order valence-electron chi connectivity index (χ2n) is 7.27. The van der Waals surface area contributed by atoms with E-state index in [4.69, 9.17) is 9.47 Å². The summed E-state index contributed by atoms with van der Waals surface area (Å²) in [5.74, 6) is 0.507. The molecule has 1 amide bonds. The average Bonchev–Trinajstić information content (AvgIpc) is 3.08. The maximum absolute atomic E-state index is 12.7. The van der Waals surface area contributed by atoms with Crippen LogP contribution in [-0.4, -0.2) is 73.4 Å². The number of ketones is 1. The lowest BCUT2D eigenvalue weighted by atomic mass is 9.88. The van der Waals surface area contributed by atoms with E-state index in [9.17, 15) is 14.4 Å².